The normalized spacial score (nSPS) is 19.7. The predicted molar refractivity (Wildman–Crippen MR) is 69.2 cm³/mol. The van der Waals surface area contributed by atoms with E-state index in [0.717, 1.165) is 25.1 Å². The van der Waals surface area contributed by atoms with E-state index in [1.165, 1.54) is 6.20 Å². The highest BCUT2D eigenvalue weighted by molar-refractivity contribution is 5.92. The first-order valence-electron chi connectivity index (χ1n) is 6.13. The number of nitrogens with one attached hydrogen (secondary N) is 1. The van der Waals surface area contributed by atoms with Crippen LogP contribution in [0.2, 0.25) is 0 Å². The molecule has 1 aromatic heterocycles. The fourth-order valence-electron chi connectivity index (χ4n) is 2.19. The summed E-state index contributed by atoms with van der Waals surface area (Å²) in [6.07, 6.45) is 7.12. The molecule has 0 aromatic carbocycles. The van der Waals surface area contributed by atoms with Crippen molar-refractivity contribution in [3.05, 3.63) is 36.4 Å². The molecule has 1 aliphatic heterocycles. The van der Waals surface area contributed by atoms with Crippen LogP contribution in [0.5, 0.6) is 0 Å². The Morgan fingerprint density at radius 1 is 1.67 bits per heavy atom. The maximum absolute atomic E-state index is 11.8. The molecular weight excluding hydrogens is 228 g/mol. The second-order valence-corrected chi connectivity index (χ2v) is 4.47. The molecule has 1 aliphatic rings. The van der Waals surface area contributed by atoms with Gasteiger partial charge in [0, 0.05) is 6.54 Å². The summed E-state index contributed by atoms with van der Waals surface area (Å²) in [4.78, 5) is 22.5. The number of hydrogen-bond donors (Lipinski definition) is 1. The van der Waals surface area contributed by atoms with Crippen LogP contribution in [0.3, 0.4) is 0 Å². The highest BCUT2D eigenvalue weighted by Crippen LogP contribution is 2.28. The Kier molecular flexibility index (Phi) is 4.04. The fourth-order valence-corrected chi connectivity index (χ4v) is 2.19. The highest BCUT2D eigenvalue weighted by atomic mass is 16.1. The molecule has 1 aromatic rings. The van der Waals surface area contributed by atoms with Crippen LogP contribution in [-0.4, -0.2) is 40.9 Å². The van der Waals surface area contributed by atoms with Gasteiger partial charge in [-0.2, -0.15) is 0 Å². The summed E-state index contributed by atoms with van der Waals surface area (Å²) in [6, 6.07) is 0.282. The molecule has 2 heterocycles. The first-order valence-corrected chi connectivity index (χ1v) is 6.13. The molecule has 1 amide bonds. The van der Waals surface area contributed by atoms with Gasteiger partial charge in [-0.25, -0.2) is 4.98 Å². The minimum Gasteiger partial charge on any atom is -0.347 e. The third kappa shape index (κ3) is 2.73. The Balaban J connectivity index is 2.14. The maximum atomic E-state index is 11.8. The number of aromatic nitrogens is 2. The molecular formula is C13H18N4O. The minimum atomic E-state index is -0.204. The van der Waals surface area contributed by atoms with Gasteiger partial charge in [0.05, 0.1) is 24.1 Å². The molecule has 0 bridgehead atoms. The molecule has 1 unspecified atom stereocenters. The van der Waals surface area contributed by atoms with Gasteiger partial charge in [-0.3, -0.25) is 14.7 Å². The lowest BCUT2D eigenvalue weighted by Crippen LogP contribution is -2.26. The van der Waals surface area contributed by atoms with E-state index < -0.39 is 0 Å². The number of rotatable bonds is 4. The van der Waals surface area contributed by atoms with Gasteiger partial charge in [-0.05, 0) is 26.4 Å². The predicted octanol–water partition coefficient (Wildman–Crippen LogP) is 1.16. The van der Waals surface area contributed by atoms with E-state index in [1.807, 2.05) is 0 Å². The second kappa shape index (κ2) is 5.73. The first kappa shape index (κ1) is 12.7. The van der Waals surface area contributed by atoms with Crippen molar-refractivity contribution in [2.24, 2.45) is 0 Å². The molecule has 96 valence electrons. The molecule has 0 aliphatic carbocycles. The van der Waals surface area contributed by atoms with Gasteiger partial charge < -0.3 is 5.32 Å². The molecule has 5 heteroatoms. The molecule has 5 nitrogen and oxygen atoms in total. The van der Waals surface area contributed by atoms with Crippen molar-refractivity contribution < 1.29 is 4.79 Å². The Bertz CT molecular complexity index is 446. The summed E-state index contributed by atoms with van der Waals surface area (Å²) in [7, 11) is 2.07. The molecule has 0 saturated carbocycles. The molecule has 18 heavy (non-hydrogen) atoms. The zero-order valence-corrected chi connectivity index (χ0v) is 10.6. The lowest BCUT2D eigenvalue weighted by atomic mass is 10.1. The lowest BCUT2D eigenvalue weighted by Gasteiger charge is -2.18. The second-order valence-electron chi connectivity index (χ2n) is 4.47. The zero-order valence-electron chi connectivity index (χ0n) is 10.6. The van der Waals surface area contributed by atoms with E-state index in [0.29, 0.717) is 12.2 Å². The first-order chi connectivity index (χ1) is 8.72. The van der Waals surface area contributed by atoms with Crippen molar-refractivity contribution in [2.45, 2.75) is 18.9 Å². The van der Waals surface area contributed by atoms with Crippen LogP contribution >= 0.6 is 0 Å². The van der Waals surface area contributed by atoms with Crippen molar-refractivity contribution in [1.82, 2.24) is 20.2 Å². The fraction of sp³-hybridized carbons (Fsp3) is 0.462. The summed E-state index contributed by atoms with van der Waals surface area (Å²) < 4.78 is 0. The van der Waals surface area contributed by atoms with Gasteiger partial charge in [-0.1, -0.05) is 6.08 Å². The summed E-state index contributed by atoms with van der Waals surface area (Å²) in [5, 5.41) is 2.70. The van der Waals surface area contributed by atoms with Gasteiger partial charge in [0.15, 0.2) is 0 Å². The summed E-state index contributed by atoms with van der Waals surface area (Å²) in [5.74, 6) is -0.204. The van der Waals surface area contributed by atoms with Crippen LogP contribution in [0, 0.1) is 0 Å². The van der Waals surface area contributed by atoms with E-state index in [2.05, 4.69) is 33.8 Å². The molecule has 2 rings (SSSR count). The van der Waals surface area contributed by atoms with Crippen molar-refractivity contribution in [3.63, 3.8) is 0 Å². The Labute approximate surface area is 107 Å². The average Bonchev–Trinajstić information content (AvgIpc) is 2.82. The SMILES string of the molecule is C=CCNC(=O)c1cncc(C2CCCN2C)n1. The van der Waals surface area contributed by atoms with Crippen LogP contribution in [0.1, 0.15) is 35.1 Å². The topological polar surface area (TPSA) is 58.1 Å². The van der Waals surface area contributed by atoms with Gasteiger partial charge in [0.25, 0.3) is 5.91 Å². The van der Waals surface area contributed by atoms with Crippen LogP contribution < -0.4 is 5.32 Å². The van der Waals surface area contributed by atoms with Crippen molar-refractivity contribution in [2.75, 3.05) is 20.1 Å². The Hall–Kier alpha value is -1.75. The smallest absolute Gasteiger partial charge is 0.271 e. The van der Waals surface area contributed by atoms with Crippen molar-refractivity contribution in [1.29, 1.82) is 0 Å². The largest absolute Gasteiger partial charge is 0.347 e. The summed E-state index contributed by atoms with van der Waals surface area (Å²) in [6.45, 7) is 5.07. The third-order valence-electron chi connectivity index (χ3n) is 3.15. The molecule has 1 N–H and O–H groups in total. The van der Waals surface area contributed by atoms with E-state index in [4.69, 9.17) is 0 Å². The number of carbonyl (C=O) groups excluding carboxylic acids is 1. The molecule has 1 fully saturated rings. The quantitative estimate of drug-likeness (QED) is 0.810. The van der Waals surface area contributed by atoms with Gasteiger partial charge in [0.2, 0.25) is 0 Å². The van der Waals surface area contributed by atoms with Gasteiger partial charge >= 0.3 is 0 Å². The van der Waals surface area contributed by atoms with Crippen LogP contribution in [0.4, 0.5) is 0 Å². The van der Waals surface area contributed by atoms with Gasteiger partial charge in [-0.15, -0.1) is 6.58 Å². The van der Waals surface area contributed by atoms with Crippen LogP contribution in [0.25, 0.3) is 0 Å². The van der Waals surface area contributed by atoms with Crippen molar-refractivity contribution >= 4 is 5.91 Å². The third-order valence-corrected chi connectivity index (χ3v) is 3.15. The van der Waals surface area contributed by atoms with Gasteiger partial charge in [0.1, 0.15) is 5.69 Å². The molecule has 1 saturated heterocycles. The summed E-state index contributed by atoms with van der Waals surface area (Å²) in [5.41, 5.74) is 1.25. The van der Waals surface area contributed by atoms with E-state index in [1.54, 1.807) is 12.3 Å². The molecule has 0 radical (unpaired) electrons. The van der Waals surface area contributed by atoms with Crippen LogP contribution in [-0.2, 0) is 0 Å². The number of carbonyl (C=O) groups is 1. The Morgan fingerprint density at radius 2 is 2.50 bits per heavy atom. The van der Waals surface area contributed by atoms with Crippen molar-refractivity contribution in [3.8, 4) is 0 Å². The van der Waals surface area contributed by atoms with Crippen LogP contribution in [0.15, 0.2) is 25.0 Å². The molecule has 0 spiro atoms. The zero-order chi connectivity index (χ0) is 13.0. The number of nitrogens with zero attached hydrogens (tertiary/aromatic N) is 3. The summed E-state index contributed by atoms with van der Waals surface area (Å²) >= 11 is 0. The van der Waals surface area contributed by atoms with E-state index in [9.17, 15) is 4.79 Å². The van der Waals surface area contributed by atoms with E-state index in [-0.39, 0.29) is 11.9 Å². The number of likely N-dealkylation sites (tertiary alicyclic amines) is 1. The monoisotopic (exact) mass is 246 g/mol. The lowest BCUT2D eigenvalue weighted by molar-refractivity contribution is 0.0952. The number of hydrogen-bond acceptors (Lipinski definition) is 4. The highest BCUT2D eigenvalue weighted by Gasteiger charge is 2.24. The molecule has 1 atom stereocenters. The number of amides is 1. The minimum absolute atomic E-state index is 0.204. The average molecular weight is 246 g/mol. The Morgan fingerprint density at radius 3 is 3.17 bits per heavy atom. The maximum Gasteiger partial charge on any atom is 0.271 e. The van der Waals surface area contributed by atoms with E-state index >= 15 is 0 Å². The standard InChI is InChI=1S/C13H18N4O/c1-3-6-15-13(18)11-9-14-8-10(16-11)12-5-4-7-17(12)2/h3,8-9,12H,1,4-7H2,2H3,(H,15,18).